The van der Waals surface area contributed by atoms with Gasteiger partial charge in [0.1, 0.15) is 5.75 Å². The second kappa shape index (κ2) is 6.31. The highest BCUT2D eigenvalue weighted by Crippen LogP contribution is 2.36. The molecule has 110 valence electrons. The molecule has 4 N–H and O–H groups in total. The Morgan fingerprint density at radius 1 is 1.33 bits per heavy atom. The second-order valence-corrected chi connectivity index (χ2v) is 5.74. The van der Waals surface area contributed by atoms with Gasteiger partial charge in [0.25, 0.3) is 0 Å². The number of methoxy groups -OCH3 is 1. The topological polar surface area (TPSA) is 97.5 Å². The van der Waals surface area contributed by atoms with Crippen molar-refractivity contribution in [3.8, 4) is 5.75 Å². The minimum atomic E-state index is -1.12. The number of anilines is 3. The molecule has 0 radical (unpaired) electrons. The number of rotatable bonds is 4. The summed E-state index contributed by atoms with van der Waals surface area (Å²) in [5.41, 5.74) is 6.71. The van der Waals surface area contributed by atoms with E-state index in [2.05, 4.69) is 42.2 Å². The summed E-state index contributed by atoms with van der Waals surface area (Å²) >= 11 is 6.78. The number of nitrogens with zero attached hydrogens (tertiary/aromatic N) is 1. The molecule has 1 aromatic heterocycles. The van der Waals surface area contributed by atoms with Crippen LogP contribution >= 0.6 is 31.9 Å². The fourth-order valence-corrected chi connectivity index (χ4v) is 2.85. The highest BCUT2D eigenvalue weighted by atomic mass is 79.9. The average molecular weight is 417 g/mol. The number of carboxylic acid groups (broad SMARTS) is 1. The molecule has 1 aromatic carbocycles. The predicted molar refractivity (Wildman–Crippen MR) is 87.3 cm³/mol. The van der Waals surface area contributed by atoms with Crippen molar-refractivity contribution in [2.75, 3.05) is 18.2 Å². The summed E-state index contributed by atoms with van der Waals surface area (Å²) < 4.78 is 6.74. The Hall–Kier alpha value is -1.80. The van der Waals surface area contributed by atoms with Crippen LogP contribution < -0.4 is 15.8 Å². The molecule has 0 saturated carbocycles. The number of nitrogens with two attached hydrogens (primary N) is 1. The van der Waals surface area contributed by atoms with Crippen LogP contribution in [0.3, 0.4) is 0 Å². The molecule has 0 atom stereocenters. The van der Waals surface area contributed by atoms with Crippen LogP contribution in [-0.2, 0) is 0 Å². The molecule has 0 aliphatic carbocycles. The maximum absolute atomic E-state index is 11.0. The molecule has 0 saturated heterocycles. The maximum Gasteiger partial charge on any atom is 0.354 e. The van der Waals surface area contributed by atoms with E-state index in [0.29, 0.717) is 17.1 Å². The van der Waals surface area contributed by atoms with Gasteiger partial charge in [0.05, 0.1) is 23.0 Å². The number of carboxylic acids is 1. The van der Waals surface area contributed by atoms with Crippen LogP contribution in [0.15, 0.2) is 33.2 Å². The van der Waals surface area contributed by atoms with Gasteiger partial charge in [0, 0.05) is 10.5 Å². The largest absolute Gasteiger partial charge is 0.495 e. The molecular formula is C13H11Br2N3O3. The van der Waals surface area contributed by atoms with Crippen molar-refractivity contribution in [3.63, 3.8) is 0 Å². The smallest absolute Gasteiger partial charge is 0.354 e. The molecule has 2 rings (SSSR count). The molecule has 8 heteroatoms. The molecule has 0 fully saturated rings. The van der Waals surface area contributed by atoms with Crippen molar-refractivity contribution in [2.45, 2.75) is 0 Å². The number of nitrogens with one attached hydrogen (secondary N) is 1. The molecule has 1 heterocycles. The van der Waals surface area contributed by atoms with E-state index in [-0.39, 0.29) is 11.5 Å². The van der Waals surface area contributed by atoms with Gasteiger partial charge in [-0.15, -0.1) is 0 Å². The van der Waals surface area contributed by atoms with Crippen LogP contribution in [0.5, 0.6) is 5.75 Å². The molecule has 2 aromatic rings. The number of benzene rings is 1. The van der Waals surface area contributed by atoms with Crippen molar-refractivity contribution < 1.29 is 14.6 Å². The molecule has 0 amide bonds. The van der Waals surface area contributed by atoms with Gasteiger partial charge in [-0.2, -0.15) is 0 Å². The number of hydrogen-bond acceptors (Lipinski definition) is 5. The Morgan fingerprint density at radius 2 is 2.05 bits per heavy atom. The Bertz CT molecular complexity index is 707. The summed E-state index contributed by atoms with van der Waals surface area (Å²) in [7, 11) is 1.55. The van der Waals surface area contributed by atoms with Crippen LogP contribution in [-0.4, -0.2) is 23.2 Å². The van der Waals surface area contributed by atoms with Gasteiger partial charge in [-0.3, -0.25) is 0 Å². The predicted octanol–water partition coefficient (Wildman–Crippen LogP) is 3.64. The number of carbonyl (C=O) groups is 1. The number of hydrogen-bond donors (Lipinski definition) is 3. The minimum absolute atomic E-state index is 0.0908. The van der Waals surface area contributed by atoms with E-state index in [1.807, 2.05) is 0 Å². The van der Waals surface area contributed by atoms with Gasteiger partial charge in [-0.25, -0.2) is 9.78 Å². The first-order valence-electron chi connectivity index (χ1n) is 5.72. The fourth-order valence-electron chi connectivity index (χ4n) is 1.60. The Balaban J connectivity index is 2.42. The Kier molecular flexibility index (Phi) is 4.69. The van der Waals surface area contributed by atoms with E-state index in [1.54, 1.807) is 19.2 Å². The monoisotopic (exact) mass is 415 g/mol. The number of aromatic carboxylic acids is 1. The third-order valence-electron chi connectivity index (χ3n) is 2.64. The van der Waals surface area contributed by atoms with Gasteiger partial charge in [0.2, 0.25) is 0 Å². The lowest BCUT2D eigenvalue weighted by Crippen LogP contribution is -2.06. The summed E-state index contributed by atoms with van der Waals surface area (Å²) in [4.78, 5) is 14.9. The van der Waals surface area contributed by atoms with Crippen LogP contribution in [0, 0.1) is 0 Å². The number of ether oxygens (including phenoxy) is 1. The van der Waals surface area contributed by atoms with Gasteiger partial charge in [-0.05, 0) is 50.1 Å². The molecular weight excluding hydrogens is 406 g/mol. The summed E-state index contributed by atoms with van der Waals surface area (Å²) in [6.45, 7) is 0. The van der Waals surface area contributed by atoms with Crippen LogP contribution in [0.1, 0.15) is 10.5 Å². The van der Waals surface area contributed by atoms with Crippen molar-refractivity contribution in [1.29, 1.82) is 0 Å². The molecule has 0 bridgehead atoms. The number of aromatic nitrogens is 1. The third kappa shape index (κ3) is 3.45. The molecule has 21 heavy (non-hydrogen) atoms. The number of halogens is 2. The van der Waals surface area contributed by atoms with Gasteiger partial charge >= 0.3 is 5.97 Å². The van der Waals surface area contributed by atoms with Crippen LogP contribution in [0.2, 0.25) is 0 Å². The van der Waals surface area contributed by atoms with E-state index in [9.17, 15) is 4.79 Å². The SMILES string of the molecule is COc1cc(Nc2nc(C(=O)O)ccc2N)c(Br)cc1Br. The fraction of sp³-hybridized carbons (Fsp3) is 0.0769. The van der Waals surface area contributed by atoms with Gasteiger partial charge in [-0.1, -0.05) is 0 Å². The molecule has 6 nitrogen and oxygen atoms in total. The van der Waals surface area contributed by atoms with Crippen LogP contribution in [0.25, 0.3) is 0 Å². The normalized spacial score (nSPS) is 10.2. The van der Waals surface area contributed by atoms with Gasteiger partial charge in [0.15, 0.2) is 11.5 Å². The van der Waals surface area contributed by atoms with Gasteiger partial charge < -0.3 is 20.9 Å². The quantitative estimate of drug-likeness (QED) is 0.703. The standard InChI is InChI=1S/C13H11Br2N3O3/c1-21-11-5-10(6(14)4-7(11)15)18-12-8(16)2-3-9(17-12)13(19)20/h2-5H,16H2,1H3,(H,17,18)(H,19,20). The summed E-state index contributed by atoms with van der Waals surface area (Å²) in [5.74, 6) is -0.237. The van der Waals surface area contributed by atoms with E-state index < -0.39 is 5.97 Å². The highest BCUT2D eigenvalue weighted by Gasteiger charge is 2.12. The number of pyridine rings is 1. The zero-order chi connectivity index (χ0) is 15.6. The Labute approximate surface area is 137 Å². The number of nitrogen functional groups attached to an aromatic ring is 1. The average Bonchev–Trinajstić information content (AvgIpc) is 2.43. The molecule has 0 aliphatic rings. The molecule has 0 spiro atoms. The first kappa shape index (κ1) is 15.6. The zero-order valence-corrected chi connectivity index (χ0v) is 14.0. The maximum atomic E-state index is 11.0. The molecule has 0 aliphatic heterocycles. The second-order valence-electron chi connectivity index (χ2n) is 4.03. The lowest BCUT2D eigenvalue weighted by molar-refractivity contribution is 0.0690. The lowest BCUT2D eigenvalue weighted by Gasteiger charge is -2.13. The van der Waals surface area contributed by atoms with Crippen molar-refractivity contribution in [3.05, 3.63) is 38.9 Å². The first-order chi connectivity index (χ1) is 9.92. The summed E-state index contributed by atoms with van der Waals surface area (Å²) in [6, 6.07) is 6.38. The Morgan fingerprint density at radius 3 is 2.67 bits per heavy atom. The van der Waals surface area contributed by atoms with Crippen LogP contribution in [0.4, 0.5) is 17.2 Å². The van der Waals surface area contributed by atoms with E-state index in [4.69, 9.17) is 15.6 Å². The molecule has 0 unspecified atom stereocenters. The van der Waals surface area contributed by atoms with E-state index in [0.717, 1.165) is 8.95 Å². The van der Waals surface area contributed by atoms with E-state index >= 15 is 0 Å². The first-order valence-corrected chi connectivity index (χ1v) is 7.31. The van der Waals surface area contributed by atoms with E-state index in [1.165, 1.54) is 12.1 Å². The van der Waals surface area contributed by atoms with Crippen molar-refractivity contribution in [2.24, 2.45) is 0 Å². The van der Waals surface area contributed by atoms with Crippen molar-refractivity contribution in [1.82, 2.24) is 4.98 Å². The minimum Gasteiger partial charge on any atom is -0.495 e. The highest BCUT2D eigenvalue weighted by molar-refractivity contribution is 9.11. The lowest BCUT2D eigenvalue weighted by atomic mass is 10.2. The summed E-state index contributed by atoms with van der Waals surface area (Å²) in [6.07, 6.45) is 0. The summed E-state index contributed by atoms with van der Waals surface area (Å²) in [5, 5.41) is 12.0. The third-order valence-corrected chi connectivity index (χ3v) is 3.92. The van der Waals surface area contributed by atoms with Crippen molar-refractivity contribution >= 4 is 55.0 Å². The zero-order valence-electron chi connectivity index (χ0n) is 10.9.